The molecular formula is C20H21N7O4. The lowest BCUT2D eigenvalue weighted by atomic mass is 10.0. The van der Waals surface area contributed by atoms with Crippen molar-refractivity contribution in [2.75, 3.05) is 14.1 Å². The SMILES string of the molecule is CNC(=O)C(C(=O)NO)N(C)C(=O)c1ccc(-c2ccc(Cc3nn[nH]n3)cc2)cc1. The summed E-state index contributed by atoms with van der Waals surface area (Å²) >= 11 is 0. The van der Waals surface area contributed by atoms with Crippen LogP contribution in [0.3, 0.4) is 0 Å². The zero-order valence-electron chi connectivity index (χ0n) is 16.9. The van der Waals surface area contributed by atoms with E-state index in [2.05, 4.69) is 25.9 Å². The monoisotopic (exact) mass is 423 g/mol. The molecule has 0 spiro atoms. The number of benzene rings is 2. The molecule has 31 heavy (non-hydrogen) atoms. The van der Waals surface area contributed by atoms with E-state index in [4.69, 9.17) is 5.21 Å². The van der Waals surface area contributed by atoms with Crippen LogP contribution in [0.1, 0.15) is 21.7 Å². The Labute approximate surface area is 177 Å². The first kappa shape index (κ1) is 21.6. The number of tetrazole rings is 1. The average molecular weight is 423 g/mol. The van der Waals surface area contributed by atoms with E-state index < -0.39 is 23.8 Å². The Morgan fingerprint density at radius 1 is 1.03 bits per heavy atom. The smallest absolute Gasteiger partial charge is 0.275 e. The number of nitrogens with one attached hydrogen (secondary N) is 3. The number of amides is 3. The summed E-state index contributed by atoms with van der Waals surface area (Å²) in [6.07, 6.45) is 0.560. The third kappa shape index (κ3) is 4.90. The van der Waals surface area contributed by atoms with Gasteiger partial charge in [0.15, 0.2) is 11.9 Å². The molecule has 0 fully saturated rings. The molecule has 1 heterocycles. The number of aromatic nitrogens is 4. The molecule has 4 N–H and O–H groups in total. The molecule has 0 saturated carbocycles. The van der Waals surface area contributed by atoms with E-state index in [0.29, 0.717) is 17.8 Å². The van der Waals surface area contributed by atoms with Crippen LogP contribution in [-0.4, -0.2) is 68.6 Å². The molecule has 3 aromatic rings. The number of hydrogen-bond donors (Lipinski definition) is 4. The Morgan fingerprint density at radius 2 is 1.65 bits per heavy atom. The number of rotatable bonds is 7. The van der Waals surface area contributed by atoms with Gasteiger partial charge in [0.25, 0.3) is 17.7 Å². The predicted octanol–water partition coefficient (Wildman–Crippen LogP) is 0.150. The molecule has 1 unspecified atom stereocenters. The number of hydrogen-bond acceptors (Lipinski definition) is 7. The first-order valence-electron chi connectivity index (χ1n) is 9.29. The van der Waals surface area contributed by atoms with Crippen LogP contribution in [0.2, 0.25) is 0 Å². The molecule has 3 amide bonds. The summed E-state index contributed by atoms with van der Waals surface area (Å²) < 4.78 is 0. The highest BCUT2D eigenvalue weighted by atomic mass is 16.5. The predicted molar refractivity (Wildman–Crippen MR) is 109 cm³/mol. The van der Waals surface area contributed by atoms with Crippen LogP contribution < -0.4 is 10.8 Å². The van der Waals surface area contributed by atoms with Gasteiger partial charge in [0.2, 0.25) is 0 Å². The van der Waals surface area contributed by atoms with Crippen molar-refractivity contribution in [3.05, 3.63) is 65.5 Å². The van der Waals surface area contributed by atoms with E-state index in [1.165, 1.54) is 19.6 Å². The molecule has 0 bridgehead atoms. The van der Waals surface area contributed by atoms with Gasteiger partial charge in [0.05, 0.1) is 0 Å². The van der Waals surface area contributed by atoms with Crippen LogP contribution in [0, 0.1) is 0 Å². The summed E-state index contributed by atoms with van der Waals surface area (Å²) in [5, 5.41) is 25.0. The number of carbonyl (C=O) groups excluding carboxylic acids is 3. The Bertz CT molecular complexity index is 1030. The van der Waals surface area contributed by atoms with E-state index in [1.54, 1.807) is 24.3 Å². The van der Waals surface area contributed by atoms with Crippen molar-refractivity contribution in [1.82, 2.24) is 36.3 Å². The molecule has 11 heteroatoms. The van der Waals surface area contributed by atoms with Gasteiger partial charge in [-0.3, -0.25) is 19.6 Å². The van der Waals surface area contributed by atoms with Crippen LogP contribution in [0.15, 0.2) is 48.5 Å². The molecule has 2 aromatic carbocycles. The number of H-pyrrole nitrogens is 1. The zero-order chi connectivity index (χ0) is 22.4. The van der Waals surface area contributed by atoms with E-state index in [-0.39, 0.29) is 0 Å². The topological polar surface area (TPSA) is 153 Å². The van der Waals surface area contributed by atoms with Crippen molar-refractivity contribution in [2.24, 2.45) is 0 Å². The second-order valence-corrected chi connectivity index (χ2v) is 6.69. The fraction of sp³-hybridized carbons (Fsp3) is 0.200. The fourth-order valence-corrected chi connectivity index (χ4v) is 3.05. The molecule has 1 aromatic heterocycles. The summed E-state index contributed by atoms with van der Waals surface area (Å²) in [6.45, 7) is 0. The van der Waals surface area contributed by atoms with E-state index in [0.717, 1.165) is 21.6 Å². The van der Waals surface area contributed by atoms with E-state index in [9.17, 15) is 14.4 Å². The lowest BCUT2D eigenvalue weighted by Gasteiger charge is -2.25. The van der Waals surface area contributed by atoms with Crippen molar-refractivity contribution in [3.63, 3.8) is 0 Å². The molecule has 0 saturated heterocycles. The average Bonchev–Trinajstić information content (AvgIpc) is 3.32. The van der Waals surface area contributed by atoms with Gasteiger partial charge >= 0.3 is 0 Å². The van der Waals surface area contributed by atoms with Gasteiger partial charge in [0, 0.05) is 26.1 Å². The maximum absolute atomic E-state index is 12.7. The molecule has 0 aliphatic heterocycles. The number of nitrogens with zero attached hydrogens (tertiary/aromatic N) is 4. The largest absolute Gasteiger partial charge is 0.357 e. The Kier molecular flexibility index (Phi) is 6.67. The third-order valence-electron chi connectivity index (χ3n) is 4.73. The van der Waals surface area contributed by atoms with Gasteiger partial charge in [0.1, 0.15) is 0 Å². The molecule has 1 atom stereocenters. The summed E-state index contributed by atoms with van der Waals surface area (Å²) in [5.41, 5.74) is 4.57. The lowest BCUT2D eigenvalue weighted by Crippen LogP contribution is -2.54. The van der Waals surface area contributed by atoms with Crippen molar-refractivity contribution in [3.8, 4) is 11.1 Å². The molecule has 3 rings (SSSR count). The molecule has 0 aliphatic carbocycles. The van der Waals surface area contributed by atoms with Gasteiger partial charge in [-0.1, -0.05) is 41.6 Å². The first-order chi connectivity index (χ1) is 14.9. The van der Waals surface area contributed by atoms with Crippen LogP contribution >= 0.6 is 0 Å². The Morgan fingerprint density at radius 3 is 2.16 bits per heavy atom. The van der Waals surface area contributed by atoms with Crippen LogP contribution in [0.4, 0.5) is 0 Å². The fourth-order valence-electron chi connectivity index (χ4n) is 3.05. The third-order valence-corrected chi connectivity index (χ3v) is 4.73. The number of aromatic amines is 1. The minimum atomic E-state index is -1.51. The second-order valence-electron chi connectivity index (χ2n) is 6.69. The Balaban J connectivity index is 1.73. The normalized spacial score (nSPS) is 11.5. The second kappa shape index (κ2) is 9.59. The van der Waals surface area contributed by atoms with Gasteiger partial charge in [-0.25, -0.2) is 5.48 Å². The molecule has 160 valence electrons. The molecular weight excluding hydrogens is 402 g/mol. The standard InChI is InChI=1S/C20H21N7O4/c1-21-18(28)17(19(29)24-31)27(2)20(30)15-9-7-14(8-10-15)13-5-3-12(4-6-13)11-16-22-25-26-23-16/h3-10,17,31H,11H2,1-2H3,(H,21,28)(H,24,29)(H,22,23,25,26). The van der Waals surface area contributed by atoms with Crippen molar-refractivity contribution >= 4 is 17.7 Å². The van der Waals surface area contributed by atoms with Crippen LogP contribution in [-0.2, 0) is 16.0 Å². The van der Waals surface area contributed by atoms with Crippen molar-refractivity contribution in [2.45, 2.75) is 12.5 Å². The van der Waals surface area contributed by atoms with Gasteiger partial charge in [-0.05, 0) is 28.8 Å². The van der Waals surface area contributed by atoms with E-state index >= 15 is 0 Å². The highest BCUT2D eigenvalue weighted by Crippen LogP contribution is 2.21. The van der Waals surface area contributed by atoms with Gasteiger partial charge < -0.3 is 10.2 Å². The van der Waals surface area contributed by atoms with Crippen molar-refractivity contribution < 1.29 is 19.6 Å². The summed E-state index contributed by atoms with van der Waals surface area (Å²) in [5.74, 6) is -1.67. The molecule has 0 radical (unpaired) electrons. The maximum Gasteiger partial charge on any atom is 0.275 e. The van der Waals surface area contributed by atoms with Crippen molar-refractivity contribution in [1.29, 1.82) is 0 Å². The highest BCUT2D eigenvalue weighted by Gasteiger charge is 2.33. The van der Waals surface area contributed by atoms with Crippen LogP contribution in [0.25, 0.3) is 11.1 Å². The van der Waals surface area contributed by atoms with E-state index in [1.807, 2.05) is 24.3 Å². The lowest BCUT2D eigenvalue weighted by molar-refractivity contribution is -0.140. The maximum atomic E-state index is 12.7. The summed E-state index contributed by atoms with van der Waals surface area (Å²) in [7, 11) is 2.65. The minimum Gasteiger partial charge on any atom is -0.357 e. The zero-order valence-corrected chi connectivity index (χ0v) is 16.9. The quantitative estimate of drug-likeness (QED) is 0.240. The molecule has 11 nitrogen and oxygen atoms in total. The molecule has 0 aliphatic rings. The minimum absolute atomic E-state index is 0.291. The Hall–Kier alpha value is -4.12. The number of carbonyl (C=O) groups is 3. The van der Waals surface area contributed by atoms with Gasteiger partial charge in [-0.15, -0.1) is 10.2 Å². The summed E-state index contributed by atoms with van der Waals surface area (Å²) in [6, 6.07) is 13.1. The highest BCUT2D eigenvalue weighted by molar-refractivity contribution is 6.08. The summed E-state index contributed by atoms with van der Waals surface area (Å²) in [4.78, 5) is 37.5. The van der Waals surface area contributed by atoms with Gasteiger partial charge in [-0.2, -0.15) is 5.21 Å². The number of likely N-dealkylation sites (N-methyl/N-ethyl adjacent to an activating group) is 2. The van der Waals surface area contributed by atoms with Crippen LogP contribution in [0.5, 0.6) is 0 Å². The number of hydroxylamine groups is 1. The first-order valence-corrected chi connectivity index (χ1v) is 9.29.